The van der Waals surface area contributed by atoms with Crippen molar-refractivity contribution in [3.8, 4) is 0 Å². The lowest BCUT2D eigenvalue weighted by Gasteiger charge is -2.32. The summed E-state index contributed by atoms with van der Waals surface area (Å²) in [6.45, 7) is 4.23. The van der Waals surface area contributed by atoms with Crippen LogP contribution in [0.5, 0.6) is 0 Å². The van der Waals surface area contributed by atoms with Gasteiger partial charge >= 0.3 is 0 Å². The summed E-state index contributed by atoms with van der Waals surface area (Å²) in [6.07, 6.45) is 2.73. The molecule has 1 fully saturated rings. The van der Waals surface area contributed by atoms with Crippen LogP contribution in [-0.4, -0.2) is 37.1 Å². The molecule has 2 aromatic rings. The van der Waals surface area contributed by atoms with E-state index in [4.69, 9.17) is 0 Å². The number of benzene rings is 2. The molecule has 2 aromatic carbocycles. The van der Waals surface area contributed by atoms with Gasteiger partial charge in [0.15, 0.2) is 0 Å². The second-order valence-corrected chi connectivity index (χ2v) is 9.10. The fraction of sp³-hybridized carbons (Fsp3) is 0.333. The van der Waals surface area contributed by atoms with Gasteiger partial charge in [0.2, 0.25) is 10.0 Å². The van der Waals surface area contributed by atoms with Gasteiger partial charge in [-0.3, -0.25) is 20.4 Å². The van der Waals surface area contributed by atoms with Crippen LogP contribution < -0.4 is 10.9 Å². The SMILES string of the molecule is Cc1ccccc1C(=O)NNC(=O)c1ccc(S(=O)(=O)N2CCCC[C@@H]2C)cc1. The average molecular weight is 416 g/mol. The summed E-state index contributed by atoms with van der Waals surface area (Å²) in [5.74, 6) is -0.947. The monoisotopic (exact) mass is 415 g/mol. The number of nitrogens with zero attached hydrogens (tertiary/aromatic N) is 1. The van der Waals surface area contributed by atoms with Gasteiger partial charge in [-0.25, -0.2) is 8.42 Å². The highest BCUT2D eigenvalue weighted by atomic mass is 32.2. The van der Waals surface area contributed by atoms with Gasteiger partial charge in [-0.2, -0.15) is 4.31 Å². The van der Waals surface area contributed by atoms with Crippen LogP contribution >= 0.6 is 0 Å². The third-order valence-electron chi connectivity index (χ3n) is 5.14. The fourth-order valence-electron chi connectivity index (χ4n) is 3.42. The molecule has 7 nitrogen and oxygen atoms in total. The number of hydrazine groups is 1. The van der Waals surface area contributed by atoms with Crippen LogP contribution in [0.1, 0.15) is 52.5 Å². The number of nitrogens with one attached hydrogen (secondary N) is 2. The Bertz CT molecular complexity index is 1000. The molecule has 8 heteroatoms. The molecule has 2 amide bonds. The summed E-state index contributed by atoms with van der Waals surface area (Å²) < 4.78 is 27.2. The highest BCUT2D eigenvalue weighted by Crippen LogP contribution is 2.25. The fourth-order valence-corrected chi connectivity index (χ4v) is 5.12. The van der Waals surface area contributed by atoms with E-state index in [-0.39, 0.29) is 16.5 Å². The summed E-state index contributed by atoms with van der Waals surface area (Å²) in [6, 6.07) is 12.7. The summed E-state index contributed by atoms with van der Waals surface area (Å²) >= 11 is 0. The van der Waals surface area contributed by atoms with Gasteiger partial charge in [-0.15, -0.1) is 0 Å². The maximum atomic E-state index is 12.9. The molecule has 1 atom stereocenters. The molecule has 1 aliphatic heterocycles. The molecule has 0 radical (unpaired) electrons. The molecular weight excluding hydrogens is 390 g/mol. The second-order valence-electron chi connectivity index (χ2n) is 7.21. The van der Waals surface area contributed by atoms with Gasteiger partial charge in [-0.05, 0) is 62.6 Å². The molecule has 0 aromatic heterocycles. The molecule has 0 spiro atoms. The summed E-state index contributed by atoms with van der Waals surface area (Å²) in [4.78, 5) is 24.6. The van der Waals surface area contributed by atoms with E-state index in [1.165, 1.54) is 28.6 Å². The molecule has 1 heterocycles. The van der Waals surface area contributed by atoms with E-state index in [0.29, 0.717) is 12.1 Å². The number of rotatable bonds is 4. The zero-order chi connectivity index (χ0) is 21.0. The zero-order valence-corrected chi connectivity index (χ0v) is 17.3. The topological polar surface area (TPSA) is 95.6 Å². The molecule has 1 saturated heterocycles. The molecule has 0 bridgehead atoms. The third-order valence-corrected chi connectivity index (χ3v) is 7.17. The van der Waals surface area contributed by atoms with Crippen molar-refractivity contribution in [1.29, 1.82) is 0 Å². The van der Waals surface area contributed by atoms with E-state index < -0.39 is 21.8 Å². The number of piperidine rings is 1. The quantitative estimate of drug-likeness (QED) is 0.751. The summed E-state index contributed by atoms with van der Waals surface area (Å²) in [5.41, 5.74) is 6.24. The number of carbonyl (C=O) groups excluding carboxylic acids is 2. The van der Waals surface area contributed by atoms with E-state index in [2.05, 4.69) is 10.9 Å². The maximum absolute atomic E-state index is 12.9. The number of aryl methyl sites for hydroxylation is 1. The van der Waals surface area contributed by atoms with Crippen LogP contribution in [0.3, 0.4) is 0 Å². The molecule has 0 aliphatic carbocycles. The predicted octanol–water partition coefficient (Wildman–Crippen LogP) is 2.63. The molecule has 29 heavy (non-hydrogen) atoms. The van der Waals surface area contributed by atoms with Crippen LogP contribution in [-0.2, 0) is 10.0 Å². The third kappa shape index (κ3) is 4.65. The summed E-state index contributed by atoms with van der Waals surface area (Å²) in [5, 5.41) is 0. The highest BCUT2D eigenvalue weighted by molar-refractivity contribution is 7.89. The maximum Gasteiger partial charge on any atom is 0.269 e. The summed E-state index contributed by atoms with van der Waals surface area (Å²) in [7, 11) is -3.59. The van der Waals surface area contributed by atoms with Gasteiger partial charge in [0.05, 0.1) is 4.90 Å². The minimum absolute atomic E-state index is 0.0339. The van der Waals surface area contributed by atoms with E-state index in [9.17, 15) is 18.0 Å². The van der Waals surface area contributed by atoms with Crippen molar-refractivity contribution < 1.29 is 18.0 Å². The number of hydrogen-bond acceptors (Lipinski definition) is 4. The Kier molecular flexibility index (Phi) is 6.34. The van der Waals surface area contributed by atoms with Gasteiger partial charge < -0.3 is 0 Å². The second kappa shape index (κ2) is 8.75. The lowest BCUT2D eigenvalue weighted by Crippen LogP contribution is -2.42. The molecule has 154 valence electrons. The van der Waals surface area contributed by atoms with Crippen LogP contribution in [0.15, 0.2) is 53.4 Å². The molecule has 0 unspecified atom stereocenters. The Hall–Kier alpha value is -2.71. The van der Waals surface area contributed by atoms with E-state index in [0.717, 1.165) is 24.8 Å². The molecular formula is C21H25N3O4S. The zero-order valence-electron chi connectivity index (χ0n) is 16.5. The van der Waals surface area contributed by atoms with Crippen molar-refractivity contribution in [3.63, 3.8) is 0 Å². The number of sulfonamides is 1. The Morgan fingerprint density at radius 3 is 2.28 bits per heavy atom. The molecule has 0 saturated carbocycles. The van der Waals surface area contributed by atoms with Crippen LogP contribution in [0, 0.1) is 6.92 Å². The highest BCUT2D eigenvalue weighted by Gasteiger charge is 2.30. The van der Waals surface area contributed by atoms with Gasteiger partial charge in [0.1, 0.15) is 0 Å². The van der Waals surface area contributed by atoms with Gasteiger partial charge in [-0.1, -0.05) is 24.6 Å². The molecule has 3 rings (SSSR count). The Labute approximate surface area is 171 Å². The van der Waals surface area contributed by atoms with Crippen LogP contribution in [0.25, 0.3) is 0 Å². The average Bonchev–Trinajstić information content (AvgIpc) is 2.72. The first-order chi connectivity index (χ1) is 13.8. The Morgan fingerprint density at radius 2 is 1.62 bits per heavy atom. The number of hydrogen-bond donors (Lipinski definition) is 2. The first kappa shape index (κ1) is 21.0. The smallest absolute Gasteiger partial charge is 0.267 e. The van der Waals surface area contributed by atoms with Crippen molar-refractivity contribution >= 4 is 21.8 Å². The normalized spacial score (nSPS) is 17.5. The number of amides is 2. The van der Waals surface area contributed by atoms with Crippen molar-refractivity contribution in [2.75, 3.05) is 6.54 Å². The standard InChI is InChI=1S/C21H25N3O4S/c1-15-7-3-4-9-19(15)21(26)23-22-20(25)17-10-12-18(13-11-17)29(27,28)24-14-6-5-8-16(24)2/h3-4,7,9-13,16H,5-6,8,14H2,1-2H3,(H,22,25)(H,23,26)/t16-/m0/s1. The van der Waals surface area contributed by atoms with Crippen molar-refractivity contribution in [3.05, 3.63) is 65.2 Å². The predicted molar refractivity (Wildman–Crippen MR) is 110 cm³/mol. The number of carbonyl (C=O) groups is 2. The van der Waals surface area contributed by atoms with Gasteiger partial charge in [0.25, 0.3) is 11.8 Å². The lowest BCUT2D eigenvalue weighted by molar-refractivity contribution is 0.0846. The Morgan fingerprint density at radius 1 is 0.966 bits per heavy atom. The van der Waals surface area contributed by atoms with E-state index >= 15 is 0 Å². The first-order valence-corrected chi connectivity index (χ1v) is 11.0. The van der Waals surface area contributed by atoms with Crippen LogP contribution in [0.2, 0.25) is 0 Å². The van der Waals surface area contributed by atoms with Crippen LogP contribution in [0.4, 0.5) is 0 Å². The van der Waals surface area contributed by atoms with Gasteiger partial charge in [0, 0.05) is 23.7 Å². The minimum atomic E-state index is -3.59. The Balaban J connectivity index is 1.66. The van der Waals surface area contributed by atoms with E-state index in [1.54, 1.807) is 25.1 Å². The largest absolute Gasteiger partial charge is 0.269 e. The first-order valence-electron chi connectivity index (χ1n) is 9.59. The van der Waals surface area contributed by atoms with Crippen molar-refractivity contribution in [2.24, 2.45) is 0 Å². The molecule has 1 aliphatic rings. The van der Waals surface area contributed by atoms with Crippen molar-refractivity contribution in [2.45, 2.75) is 44.0 Å². The van der Waals surface area contributed by atoms with Crippen molar-refractivity contribution in [1.82, 2.24) is 15.2 Å². The minimum Gasteiger partial charge on any atom is -0.267 e. The lowest BCUT2D eigenvalue weighted by atomic mass is 10.1. The van der Waals surface area contributed by atoms with E-state index in [1.807, 2.05) is 13.0 Å². The molecule has 2 N–H and O–H groups in total.